The first-order valence-corrected chi connectivity index (χ1v) is 10.8. The van der Waals surface area contributed by atoms with Crippen molar-refractivity contribution in [3.8, 4) is 6.07 Å². The normalized spacial score (nSPS) is 15.9. The average molecular weight is 405 g/mol. The molecule has 6 heteroatoms. The van der Waals surface area contributed by atoms with Gasteiger partial charge in [-0.3, -0.25) is 4.90 Å². The molecule has 0 saturated carbocycles. The second-order valence-electron chi connectivity index (χ2n) is 7.28. The summed E-state index contributed by atoms with van der Waals surface area (Å²) >= 11 is 1.54. The summed E-state index contributed by atoms with van der Waals surface area (Å²) < 4.78 is 5.44. The van der Waals surface area contributed by atoms with Crippen LogP contribution in [-0.4, -0.2) is 46.4 Å². The molecule has 0 unspecified atom stereocenters. The minimum Gasteiger partial charge on any atom is -0.379 e. The lowest BCUT2D eigenvalue weighted by Gasteiger charge is -2.26. The van der Waals surface area contributed by atoms with E-state index in [-0.39, 0.29) is 5.25 Å². The number of morpholine rings is 1. The summed E-state index contributed by atoms with van der Waals surface area (Å²) in [7, 11) is 0. The molecule has 1 fully saturated rings. The molecule has 4 rings (SSSR count). The van der Waals surface area contributed by atoms with Crippen LogP contribution in [0.5, 0.6) is 0 Å². The van der Waals surface area contributed by atoms with Crippen LogP contribution in [0.25, 0.3) is 10.9 Å². The lowest BCUT2D eigenvalue weighted by atomic mass is 10.1. The highest BCUT2D eigenvalue weighted by atomic mass is 32.2. The lowest BCUT2D eigenvalue weighted by molar-refractivity contribution is 0.0330. The van der Waals surface area contributed by atoms with E-state index in [0.29, 0.717) is 13.0 Å². The number of aromatic nitrogens is 2. The Morgan fingerprint density at radius 3 is 2.62 bits per heavy atom. The van der Waals surface area contributed by atoms with Crippen LogP contribution in [0.15, 0.2) is 53.6 Å². The molecule has 0 aliphatic carbocycles. The molecule has 148 valence electrons. The summed E-state index contributed by atoms with van der Waals surface area (Å²) in [6.07, 6.45) is 0.693. The van der Waals surface area contributed by atoms with Crippen LogP contribution in [0.2, 0.25) is 0 Å². The predicted molar refractivity (Wildman–Crippen MR) is 116 cm³/mol. The molecule has 1 aliphatic heterocycles. The third-order valence-electron chi connectivity index (χ3n) is 5.02. The van der Waals surface area contributed by atoms with Gasteiger partial charge in [0.15, 0.2) is 0 Å². The van der Waals surface area contributed by atoms with Crippen molar-refractivity contribution in [3.05, 3.63) is 65.5 Å². The summed E-state index contributed by atoms with van der Waals surface area (Å²) in [5.74, 6) is 0.806. The number of rotatable bonds is 6. The Hall–Kier alpha value is -2.46. The number of benzene rings is 2. The van der Waals surface area contributed by atoms with Crippen molar-refractivity contribution in [1.29, 1.82) is 5.26 Å². The Morgan fingerprint density at radius 2 is 1.86 bits per heavy atom. The fraction of sp³-hybridized carbons (Fsp3) is 0.348. The summed E-state index contributed by atoms with van der Waals surface area (Å²) in [6.45, 7) is 6.07. The predicted octanol–water partition coefficient (Wildman–Crippen LogP) is 4.00. The van der Waals surface area contributed by atoms with Gasteiger partial charge in [-0.1, -0.05) is 59.8 Å². The van der Waals surface area contributed by atoms with Crippen molar-refractivity contribution >= 4 is 22.7 Å². The molecular formula is C23H24N4OS. The van der Waals surface area contributed by atoms with Crippen molar-refractivity contribution in [2.24, 2.45) is 0 Å². The number of fused-ring (bicyclic) bond motifs is 1. The number of aryl methyl sites for hydroxylation is 1. The minimum absolute atomic E-state index is 0.202. The maximum atomic E-state index is 9.77. The maximum Gasteiger partial charge on any atom is 0.144 e. The van der Waals surface area contributed by atoms with Gasteiger partial charge in [0.1, 0.15) is 16.1 Å². The molecule has 2 heterocycles. The summed E-state index contributed by atoms with van der Waals surface area (Å²) in [5.41, 5.74) is 3.33. The molecule has 1 saturated heterocycles. The summed E-state index contributed by atoms with van der Waals surface area (Å²) in [5, 5.41) is 11.5. The van der Waals surface area contributed by atoms with Crippen LogP contribution in [-0.2, 0) is 17.7 Å². The standard InChI is InChI=1S/C23H24N4OS/c1-17-6-8-18(9-7-17)14-19(15-24)29-23-20-4-2-3-5-21(20)25-22(26-23)16-27-10-12-28-13-11-27/h2-9,19H,10-14,16H2,1H3/t19-/m0/s1. The zero-order valence-corrected chi connectivity index (χ0v) is 17.4. The average Bonchev–Trinajstić information content (AvgIpc) is 2.75. The second-order valence-corrected chi connectivity index (χ2v) is 8.47. The van der Waals surface area contributed by atoms with Crippen LogP contribution in [0.3, 0.4) is 0 Å². The molecule has 0 amide bonds. The Balaban J connectivity index is 1.58. The lowest BCUT2D eigenvalue weighted by Crippen LogP contribution is -2.36. The molecule has 0 bridgehead atoms. The van der Waals surface area contributed by atoms with Crippen molar-refractivity contribution in [2.75, 3.05) is 26.3 Å². The molecule has 0 spiro atoms. The van der Waals surface area contributed by atoms with Crippen molar-refractivity contribution in [1.82, 2.24) is 14.9 Å². The molecule has 3 aromatic rings. The number of hydrogen-bond acceptors (Lipinski definition) is 6. The molecule has 1 aromatic heterocycles. The first-order chi connectivity index (χ1) is 14.2. The fourth-order valence-corrected chi connectivity index (χ4v) is 4.46. The number of nitrogens with zero attached hydrogens (tertiary/aromatic N) is 4. The van der Waals surface area contributed by atoms with E-state index in [9.17, 15) is 5.26 Å². The fourth-order valence-electron chi connectivity index (χ4n) is 3.40. The first-order valence-electron chi connectivity index (χ1n) is 9.89. The Morgan fingerprint density at radius 1 is 1.10 bits per heavy atom. The van der Waals surface area contributed by atoms with E-state index in [2.05, 4.69) is 42.2 Å². The van der Waals surface area contributed by atoms with Gasteiger partial charge in [0, 0.05) is 18.5 Å². The third-order valence-corrected chi connectivity index (χ3v) is 6.11. The van der Waals surface area contributed by atoms with Gasteiger partial charge in [-0.2, -0.15) is 5.26 Å². The van der Waals surface area contributed by atoms with Crippen LogP contribution in [0.1, 0.15) is 17.0 Å². The first kappa shape index (κ1) is 19.8. The van der Waals surface area contributed by atoms with Crippen LogP contribution >= 0.6 is 11.8 Å². The largest absolute Gasteiger partial charge is 0.379 e. The molecular weight excluding hydrogens is 380 g/mol. The quantitative estimate of drug-likeness (QED) is 0.457. The zero-order valence-electron chi connectivity index (χ0n) is 16.5. The highest BCUT2D eigenvalue weighted by molar-refractivity contribution is 8.00. The van der Waals surface area contributed by atoms with E-state index < -0.39 is 0 Å². The van der Waals surface area contributed by atoms with Crippen LogP contribution in [0.4, 0.5) is 0 Å². The van der Waals surface area contributed by atoms with Gasteiger partial charge >= 0.3 is 0 Å². The Bertz CT molecular complexity index is 1010. The molecule has 29 heavy (non-hydrogen) atoms. The topological polar surface area (TPSA) is 62.0 Å². The molecule has 0 radical (unpaired) electrons. The number of hydrogen-bond donors (Lipinski definition) is 0. The van der Waals surface area contributed by atoms with Gasteiger partial charge in [0.05, 0.1) is 31.3 Å². The maximum absolute atomic E-state index is 9.77. The second kappa shape index (κ2) is 9.36. The smallest absolute Gasteiger partial charge is 0.144 e. The Labute approximate surface area is 175 Å². The van der Waals surface area contributed by atoms with Crippen molar-refractivity contribution in [3.63, 3.8) is 0 Å². The summed E-state index contributed by atoms with van der Waals surface area (Å²) in [6, 6.07) is 18.9. The highest BCUT2D eigenvalue weighted by Crippen LogP contribution is 2.30. The number of para-hydroxylation sites is 1. The Kier molecular flexibility index (Phi) is 6.40. The van der Waals surface area contributed by atoms with Gasteiger partial charge in [-0.05, 0) is 25.0 Å². The van der Waals surface area contributed by atoms with Gasteiger partial charge in [-0.15, -0.1) is 0 Å². The van der Waals surface area contributed by atoms with E-state index in [1.54, 1.807) is 0 Å². The number of nitriles is 1. The van der Waals surface area contributed by atoms with E-state index in [1.807, 2.05) is 24.3 Å². The van der Waals surface area contributed by atoms with Crippen LogP contribution < -0.4 is 0 Å². The van der Waals surface area contributed by atoms with Gasteiger partial charge < -0.3 is 4.74 Å². The number of thioether (sulfide) groups is 1. The van der Waals surface area contributed by atoms with Gasteiger partial charge in [0.25, 0.3) is 0 Å². The van der Waals surface area contributed by atoms with E-state index in [0.717, 1.165) is 48.1 Å². The van der Waals surface area contributed by atoms with E-state index in [1.165, 1.54) is 22.9 Å². The molecule has 5 nitrogen and oxygen atoms in total. The van der Waals surface area contributed by atoms with Crippen molar-refractivity contribution < 1.29 is 4.74 Å². The van der Waals surface area contributed by atoms with Crippen molar-refractivity contribution in [2.45, 2.75) is 30.2 Å². The van der Waals surface area contributed by atoms with Gasteiger partial charge in [0.2, 0.25) is 0 Å². The molecule has 1 aliphatic rings. The molecule has 0 N–H and O–H groups in total. The van der Waals surface area contributed by atoms with Crippen LogP contribution in [0, 0.1) is 18.3 Å². The van der Waals surface area contributed by atoms with E-state index in [4.69, 9.17) is 14.7 Å². The van der Waals surface area contributed by atoms with Gasteiger partial charge in [-0.25, -0.2) is 9.97 Å². The zero-order chi connectivity index (χ0) is 20.1. The minimum atomic E-state index is -0.202. The number of ether oxygens (including phenoxy) is 1. The monoisotopic (exact) mass is 404 g/mol. The molecule has 2 aromatic carbocycles. The highest BCUT2D eigenvalue weighted by Gasteiger charge is 2.18. The summed E-state index contributed by atoms with van der Waals surface area (Å²) in [4.78, 5) is 11.9. The third kappa shape index (κ3) is 5.13. The SMILES string of the molecule is Cc1ccc(C[C@@H](C#N)Sc2nc(CN3CCOCC3)nc3ccccc23)cc1. The van der Waals surface area contributed by atoms with E-state index >= 15 is 0 Å². The molecule has 1 atom stereocenters.